The van der Waals surface area contributed by atoms with Crippen LogP contribution in [0.3, 0.4) is 0 Å². The molecule has 3 aliphatic rings. The maximum absolute atomic E-state index is 13.2. The molecule has 2 N–H and O–H groups in total. The van der Waals surface area contributed by atoms with Gasteiger partial charge in [0.15, 0.2) is 0 Å². The molecule has 5 rings (SSSR count). The summed E-state index contributed by atoms with van der Waals surface area (Å²) in [4.78, 5) is 26.2. The van der Waals surface area contributed by atoms with Crippen molar-refractivity contribution in [3.05, 3.63) is 72.3 Å². The van der Waals surface area contributed by atoms with Crippen LogP contribution in [-0.4, -0.2) is 23.0 Å². The quantitative estimate of drug-likeness (QED) is 0.291. The Kier molecular flexibility index (Phi) is 7.82. The Bertz CT molecular complexity index is 1020. The van der Waals surface area contributed by atoms with E-state index in [0.717, 1.165) is 30.1 Å². The number of unbranched alkanes of at least 4 members (excludes halogenated alkanes) is 1. The molecule has 3 aliphatic carbocycles. The highest BCUT2D eigenvalue weighted by Crippen LogP contribution is 2.61. The minimum atomic E-state index is -0.738. The summed E-state index contributed by atoms with van der Waals surface area (Å²) in [5, 5.41) is 12.2. The summed E-state index contributed by atoms with van der Waals surface area (Å²) < 4.78 is 0. The smallest absolute Gasteiger partial charge is 0.303 e. The minimum absolute atomic E-state index is 0.0119. The van der Waals surface area contributed by atoms with Gasteiger partial charge in [0.2, 0.25) is 0 Å². The molecule has 4 atom stereocenters. The topological polar surface area (TPSA) is 66.4 Å². The molecule has 180 valence electrons. The van der Waals surface area contributed by atoms with Gasteiger partial charge in [-0.2, -0.15) is 0 Å². The SMILES string of the molecule is CC1(C)C2CC(C/C=C/CCCC(=O)O)C(NC(=O)c3ccc(Sc4ccccc4)cc3)C1C2. The fourth-order valence-corrected chi connectivity index (χ4v) is 6.50. The maximum atomic E-state index is 13.2. The lowest BCUT2D eigenvalue weighted by Crippen LogP contribution is -2.63. The van der Waals surface area contributed by atoms with E-state index in [2.05, 4.69) is 43.4 Å². The molecule has 2 aromatic rings. The summed E-state index contributed by atoms with van der Waals surface area (Å²) in [6, 6.07) is 18.3. The van der Waals surface area contributed by atoms with Crippen molar-refractivity contribution < 1.29 is 14.7 Å². The van der Waals surface area contributed by atoms with Gasteiger partial charge in [0.05, 0.1) is 0 Å². The minimum Gasteiger partial charge on any atom is -0.481 e. The first kappa shape index (κ1) is 24.6. The van der Waals surface area contributed by atoms with Gasteiger partial charge in [0.25, 0.3) is 5.91 Å². The fraction of sp³-hybridized carbons (Fsp3) is 0.448. The Labute approximate surface area is 207 Å². The summed E-state index contributed by atoms with van der Waals surface area (Å²) in [6.07, 6.45) is 9.26. The van der Waals surface area contributed by atoms with Gasteiger partial charge in [-0.15, -0.1) is 0 Å². The first-order valence-electron chi connectivity index (χ1n) is 12.3. The number of fused-ring (bicyclic) bond motifs is 2. The van der Waals surface area contributed by atoms with E-state index < -0.39 is 5.97 Å². The molecule has 34 heavy (non-hydrogen) atoms. The van der Waals surface area contributed by atoms with E-state index in [1.807, 2.05) is 42.5 Å². The Balaban J connectivity index is 1.37. The highest BCUT2D eigenvalue weighted by atomic mass is 32.2. The van der Waals surface area contributed by atoms with Crippen molar-refractivity contribution in [1.29, 1.82) is 0 Å². The molecular weight excluding hydrogens is 442 g/mol. The summed E-state index contributed by atoms with van der Waals surface area (Å²) in [5.41, 5.74) is 0.982. The van der Waals surface area contributed by atoms with Gasteiger partial charge in [0, 0.05) is 27.8 Å². The lowest BCUT2D eigenvalue weighted by molar-refractivity contribution is -0.137. The Morgan fingerprint density at radius 3 is 2.41 bits per heavy atom. The zero-order chi connectivity index (χ0) is 24.1. The summed E-state index contributed by atoms with van der Waals surface area (Å²) >= 11 is 1.69. The van der Waals surface area contributed by atoms with Crippen LogP contribution in [0.2, 0.25) is 0 Å². The molecule has 3 fully saturated rings. The van der Waals surface area contributed by atoms with Crippen LogP contribution in [0.5, 0.6) is 0 Å². The zero-order valence-electron chi connectivity index (χ0n) is 20.1. The molecule has 0 radical (unpaired) electrons. The third kappa shape index (κ3) is 5.75. The largest absolute Gasteiger partial charge is 0.481 e. The number of hydrogen-bond donors (Lipinski definition) is 2. The third-order valence-electron chi connectivity index (χ3n) is 7.84. The fourth-order valence-electron chi connectivity index (χ4n) is 5.66. The molecule has 4 unspecified atom stereocenters. The molecule has 2 aromatic carbocycles. The van der Waals surface area contributed by atoms with Crippen molar-refractivity contribution in [2.24, 2.45) is 23.2 Å². The van der Waals surface area contributed by atoms with Gasteiger partial charge in [-0.1, -0.05) is 56.0 Å². The van der Waals surface area contributed by atoms with Crippen LogP contribution in [-0.2, 0) is 4.79 Å². The standard InChI is InChI=1S/C29H35NO3S/c1-29(2)22-18-21(10-6-3-4-9-13-26(31)32)27(25(29)19-22)30-28(33)20-14-16-24(17-15-20)34-23-11-7-5-8-12-23/h3,5-8,11-12,14-17,21-22,25,27H,4,9-10,13,18-19H2,1-2H3,(H,30,33)(H,31,32)/b6-3+. The average Bonchev–Trinajstić information content (AvgIpc) is 2.82. The van der Waals surface area contributed by atoms with Crippen molar-refractivity contribution in [2.45, 2.75) is 68.2 Å². The number of benzene rings is 2. The number of carboxylic acid groups (broad SMARTS) is 1. The first-order chi connectivity index (χ1) is 16.3. The molecule has 1 amide bonds. The summed E-state index contributed by atoms with van der Waals surface area (Å²) in [7, 11) is 0. The lowest BCUT2D eigenvalue weighted by atomic mass is 9.44. The molecule has 4 nitrogen and oxygen atoms in total. The monoisotopic (exact) mass is 477 g/mol. The van der Waals surface area contributed by atoms with E-state index in [4.69, 9.17) is 5.11 Å². The van der Waals surface area contributed by atoms with Crippen molar-refractivity contribution in [1.82, 2.24) is 5.32 Å². The molecule has 0 spiro atoms. The second-order valence-corrected chi connectivity index (χ2v) is 11.4. The van der Waals surface area contributed by atoms with E-state index >= 15 is 0 Å². The average molecular weight is 478 g/mol. The molecule has 3 saturated carbocycles. The van der Waals surface area contributed by atoms with Crippen molar-refractivity contribution in [3.8, 4) is 0 Å². The number of aliphatic carboxylic acids is 1. The maximum Gasteiger partial charge on any atom is 0.303 e. The van der Waals surface area contributed by atoms with E-state index in [9.17, 15) is 9.59 Å². The second kappa shape index (κ2) is 10.8. The Morgan fingerprint density at radius 2 is 1.74 bits per heavy atom. The van der Waals surface area contributed by atoms with Crippen LogP contribution in [0.25, 0.3) is 0 Å². The van der Waals surface area contributed by atoms with E-state index in [0.29, 0.717) is 23.8 Å². The van der Waals surface area contributed by atoms with Gasteiger partial charge in [0.1, 0.15) is 0 Å². The molecule has 0 aromatic heterocycles. The Hall–Kier alpha value is -2.53. The Morgan fingerprint density at radius 1 is 1.03 bits per heavy atom. The second-order valence-electron chi connectivity index (χ2n) is 10.3. The molecule has 2 bridgehead atoms. The van der Waals surface area contributed by atoms with Crippen LogP contribution >= 0.6 is 11.8 Å². The highest BCUT2D eigenvalue weighted by Gasteiger charge is 2.57. The predicted molar refractivity (Wildman–Crippen MR) is 137 cm³/mol. The van der Waals surface area contributed by atoms with E-state index in [1.165, 1.54) is 11.3 Å². The number of carbonyl (C=O) groups excluding carboxylic acids is 1. The van der Waals surface area contributed by atoms with Gasteiger partial charge in [-0.05, 0) is 91.7 Å². The van der Waals surface area contributed by atoms with E-state index in [-0.39, 0.29) is 23.8 Å². The van der Waals surface area contributed by atoms with Crippen LogP contribution in [0.4, 0.5) is 0 Å². The van der Waals surface area contributed by atoms with Crippen LogP contribution < -0.4 is 5.32 Å². The van der Waals surface area contributed by atoms with E-state index in [1.54, 1.807) is 11.8 Å². The number of amides is 1. The zero-order valence-corrected chi connectivity index (χ0v) is 20.9. The molecule has 0 aliphatic heterocycles. The molecule has 0 saturated heterocycles. The summed E-state index contributed by atoms with van der Waals surface area (Å²) in [6.45, 7) is 4.69. The van der Waals surface area contributed by atoms with Crippen molar-refractivity contribution in [2.75, 3.05) is 0 Å². The van der Waals surface area contributed by atoms with Gasteiger partial charge in [-0.25, -0.2) is 0 Å². The number of carbonyl (C=O) groups is 2. The number of allylic oxidation sites excluding steroid dienone is 2. The molecule has 5 heteroatoms. The van der Waals surface area contributed by atoms with Crippen LogP contribution in [0.15, 0.2) is 76.5 Å². The van der Waals surface area contributed by atoms with Gasteiger partial charge in [-0.3, -0.25) is 9.59 Å². The van der Waals surface area contributed by atoms with Crippen LogP contribution in [0.1, 0.15) is 62.7 Å². The van der Waals surface area contributed by atoms with Gasteiger partial charge >= 0.3 is 5.97 Å². The normalized spacial score (nSPS) is 25.0. The first-order valence-corrected chi connectivity index (χ1v) is 13.2. The number of hydrogen-bond acceptors (Lipinski definition) is 3. The number of nitrogens with one attached hydrogen (secondary N) is 1. The molecular formula is C29H35NO3S. The number of carboxylic acids is 1. The van der Waals surface area contributed by atoms with Crippen LogP contribution in [0, 0.1) is 23.2 Å². The lowest BCUT2D eigenvalue weighted by Gasteiger charge is -2.62. The molecule has 0 heterocycles. The number of rotatable bonds is 10. The summed E-state index contributed by atoms with van der Waals surface area (Å²) in [5.74, 6) is 0.943. The highest BCUT2D eigenvalue weighted by molar-refractivity contribution is 7.99. The van der Waals surface area contributed by atoms with Crippen molar-refractivity contribution >= 4 is 23.6 Å². The third-order valence-corrected chi connectivity index (χ3v) is 8.85. The van der Waals surface area contributed by atoms with Crippen molar-refractivity contribution in [3.63, 3.8) is 0 Å². The van der Waals surface area contributed by atoms with Gasteiger partial charge < -0.3 is 10.4 Å². The predicted octanol–water partition coefficient (Wildman–Crippen LogP) is 6.82.